The number of hydrogen-bond acceptors (Lipinski definition) is 4. The fourth-order valence-electron chi connectivity index (χ4n) is 1.57. The molecule has 2 rings (SSSR count). The van der Waals surface area contributed by atoms with Crippen LogP contribution in [0.15, 0.2) is 17.1 Å². The number of nitrogens with zero attached hydrogens (tertiary/aromatic N) is 2. The van der Waals surface area contributed by atoms with Gasteiger partial charge in [0.1, 0.15) is 6.26 Å². The van der Waals surface area contributed by atoms with Gasteiger partial charge in [0.15, 0.2) is 6.39 Å². The first-order valence-electron chi connectivity index (χ1n) is 4.60. The van der Waals surface area contributed by atoms with E-state index in [1.807, 2.05) is 7.05 Å². The number of carbonyl (C=O) groups is 1. The number of likely N-dealkylation sites (tertiary alicyclic amines) is 1. The zero-order valence-electron chi connectivity index (χ0n) is 8.06. The number of aromatic nitrogens is 1. The molecular formula is C9H13N3O2. The molecule has 1 fully saturated rings. The molecule has 1 aromatic rings. The Balaban J connectivity index is 1.80. The zero-order chi connectivity index (χ0) is 9.97. The fraction of sp³-hybridized carbons (Fsp3) is 0.556. The molecule has 1 aromatic heterocycles. The first-order valence-corrected chi connectivity index (χ1v) is 4.60. The van der Waals surface area contributed by atoms with E-state index in [1.54, 1.807) is 11.2 Å². The highest BCUT2D eigenvalue weighted by molar-refractivity contribution is 5.78. The Morgan fingerprint density at radius 2 is 2.64 bits per heavy atom. The van der Waals surface area contributed by atoms with E-state index in [1.165, 1.54) is 6.39 Å². The predicted molar refractivity (Wildman–Crippen MR) is 49.4 cm³/mol. The Hall–Kier alpha value is -1.36. The maximum absolute atomic E-state index is 11.2. The lowest BCUT2D eigenvalue weighted by atomic mass is 10.2. The third-order valence-corrected chi connectivity index (χ3v) is 2.40. The summed E-state index contributed by atoms with van der Waals surface area (Å²) in [5, 5.41) is 3.26. The Labute approximate surface area is 82.1 Å². The van der Waals surface area contributed by atoms with Gasteiger partial charge in [-0.05, 0) is 0 Å². The monoisotopic (exact) mass is 195 g/mol. The van der Waals surface area contributed by atoms with Gasteiger partial charge in [0, 0.05) is 32.6 Å². The SMILES string of the molecule is CN1CC(NCc2cocn2)CC1=O. The number of likely N-dealkylation sites (N-methyl/N-ethyl adjacent to an activating group) is 1. The molecule has 1 aliphatic rings. The Kier molecular flexibility index (Phi) is 2.49. The van der Waals surface area contributed by atoms with E-state index in [9.17, 15) is 4.79 Å². The smallest absolute Gasteiger partial charge is 0.224 e. The molecule has 2 heterocycles. The van der Waals surface area contributed by atoms with Crippen LogP contribution in [0.4, 0.5) is 0 Å². The van der Waals surface area contributed by atoms with E-state index < -0.39 is 0 Å². The highest BCUT2D eigenvalue weighted by atomic mass is 16.3. The van der Waals surface area contributed by atoms with Crippen LogP contribution in [-0.4, -0.2) is 35.4 Å². The minimum absolute atomic E-state index is 0.197. The van der Waals surface area contributed by atoms with Crippen LogP contribution in [0.5, 0.6) is 0 Å². The molecule has 76 valence electrons. The third kappa shape index (κ3) is 1.93. The van der Waals surface area contributed by atoms with E-state index in [4.69, 9.17) is 4.42 Å². The van der Waals surface area contributed by atoms with Crippen LogP contribution in [-0.2, 0) is 11.3 Å². The topological polar surface area (TPSA) is 58.4 Å². The van der Waals surface area contributed by atoms with Crippen molar-refractivity contribution in [2.75, 3.05) is 13.6 Å². The molecule has 0 radical (unpaired) electrons. The van der Waals surface area contributed by atoms with E-state index in [0.29, 0.717) is 13.0 Å². The van der Waals surface area contributed by atoms with Crippen LogP contribution in [0.25, 0.3) is 0 Å². The van der Waals surface area contributed by atoms with Crippen molar-refractivity contribution in [1.29, 1.82) is 0 Å². The molecule has 0 saturated carbocycles. The minimum Gasteiger partial charge on any atom is -0.451 e. The van der Waals surface area contributed by atoms with Gasteiger partial charge in [0.25, 0.3) is 0 Å². The van der Waals surface area contributed by atoms with Crippen LogP contribution >= 0.6 is 0 Å². The molecule has 14 heavy (non-hydrogen) atoms. The lowest BCUT2D eigenvalue weighted by Crippen LogP contribution is -2.31. The number of oxazole rings is 1. The molecule has 1 amide bonds. The van der Waals surface area contributed by atoms with Gasteiger partial charge in [0.05, 0.1) is 5.69 Å². The molecule has 1 aliphatic heterocycles. The summed E-state index contributed by atoms with van der Waals surface area (Å²) in [6, 6.07) is 0.240. The molecule has 1 N–H and O–H groups in total. The molecule has 0 aromatic carbocycles. The summed E-state index contributed by atoms with van der Waals surface area (Å²) in [5.41, 5.74) is 0.868. The van der Waals surface area contributed by atoms with Crippen LogP contribution in [0, 0.1) is 0 Å². The minimum atomic E-state index is 0.197. The van der Waals surface area contributed by atoms with E-state index in [-0.39, 0.29) is 11.9 Å². The normalized spacial score (nSPS) is 21.9. The number of hydrogen-bond donors (Lipinski definition) is 1. The van der Waals surface area contributed by atoms with E-state index >= 15 is 0 Å². The summed E-state index contributed by atoms with van der Waals surface area (Å²) in [6.07, 6.45) is 3.59. The second-order valence-corrected chi connectivity index (χ2v) is 3.54. The lowest BCUT2D eigenvalue weighted by Gasteiger charge is -2.10. The van der Waals surface area contributed by atoms with Gasteiger partial charge in [-0.25, -0.2) is 4.98 Å². The van der Waals surface area contributed by atoms with Gasteiger partial charge >= 0.3 is 0 Å². The second-order valence-electron chi connectivity index (χ2n) is 3.54. The number of nitrogens with one attached hydrogen (secondary N) is 1. The highest BCUT2D eigenvalue weighted by Gasteiger charge is 2.25. The van der Waals surface area contributed by atoms with Gasteiger partial charge < -0.3 is 14.6 Å². The molecular weight excluding hydrogens is 182 g/mol. The van der Waals surface area contributed by atoms with Crippen molar-refractivity contribution in [2.24, 2.45) is 0 Å². The molecule has 0 spiro atoms. The average molecular weight is 195 g/mol. The van der Waals surface area contributed by atoms with Crippen LogP contribution in [0.2, 0.25) is 0 Å². The van der Waals surface area contributed by atoms with Crippen LogP contribution in [0.1, 0.15) is 12.1 Å². The number of rotatable bonds is 3. The molecule has 0 bridgehead atoms. The van der Waals surface area contributed by atoms with Crippen molar-refractivity contribution >= 4 is 5.91 Å². The quantitative estimate of drug-likeness (QED) is 0.737. The van der Waals surface area contributed by atoms with E-state index in [2.05, 4.69) is 10.3 Å². The number of amides is 1. The lowest BCUT2D eigenvalue weighted by molar-refractivity contribution is -0.126. The zero-order valence-corrected chi connectivity index (χ0v) is 8.06. The Bertz CT molecular complexity index is 310. The van der Waals surface area contributed by atoms with Crippen molar-refractivity contribution in [2.45, 2.75) is 19.0 Å². The maximum Gasteiger partial charge on any atom is 0.224 e. The molecule has 5 heteroatoms. The van der Waals surface area contributed by atoms with Gasteiger partial charge in [0.2, 0.25) is 5.91 Å². The summed E-state index contributed by atoms with van der Waals surface area (Å²) in [6.45, 7) is 1.43. The molecule has 5 nitrogen and oxygen atoms in total. The maximum atomic E-state index is 11.2. The summed E-state index contributed by atoms with van der Waals surface area (Å²) in [5.74, 6) is 0.197. The summed E-state index contributed by atoms with van der Waals surface area (Å²) in [7, 11) is 1.82. The Morgan fingerprint density at radius 3 is 3.21 bits per heavy atom. The largest absolute Gasteiger partial charge is 0.451 e. The first kappa shape index (κ1) is 9.21. The molecule has 1 unspecified atom stereocenters. The molecule has 0 aliphatic carbocycles. The molecule has 1 saturated heterocycles. The van der Waals surface area contributed by atoms with Crippen LogP contribution in [0.3, 0.4) is 0 Å². The van der Waals surface area contributed by atoms with Crippen molar-refractivity contribution in [3.05, 3.63) is 18.4 Å². The summed E-state index contributed by atoms with van der Waals surface area (Å²) in [4.78, 5) is 16.9. The summed E-state index contributed by atoms with van der Waals surface area (Å²) >= 11 is 0. The number of carbonyl (C=O) groups excluding carboxylic acids is 1. The van der Waals surface area contributed by atoms with Gasteiger partial charge in [-0.2, -0.15) is 0 Å². The standard InChI is InChI=1S/C9H13N3O2/c1-12-4-7(2-9(12)13)10-3-8-5-14-6-11-8/h5-7,10H,2-4H2,1H3. The molecule has 1 atom stereocenters. The second kappa shape index (κ2) is 3.79. The fourth-order valence-corrected chi connectivity index (χ4v) is 1.57. The van der Waals surface area contributed by atoms with Gasteiger partial charge in [-0.15, -0.1) is 0 Å². The third-order valence-electron chi connectivity index (χ3n) is 2.40. The van der Waals surface area contributed by atoms with Gasteiger partial charge in [-0.1, -0.05) is 0 Å². The predicted octanol–water partition coefficient (Wildman–Crippen LogP) is -0.00510. The van der Waals surface area contributed by atoms with E-state index in [0.717, 1.165) is 12.2 Å². The van der Waals surface area contributed by atoms with Crippen molar-refractivity contribution in [1.82, 2.24) is 15.2 Å². The van der Waals surface area contributed by atoms with Crippen LogP contribution < -0.4 is 5.32 Å². The summed E-state index contributed by atoms with van der Waals surface area (Å²) < 4.78 is 4.84. The highest BCUT2D eigenvalue weighted by Crippen LogP contribution is 2.08. The van der Waals surface area contributed by atoms with Gasteiger partial charge in [-0.3, -0.25) is 4.79 Å². The van der Waals surface area contributed by atoms with Crippen molar-refractivity contribution < 1.29 is 9.21 Å². The average Bonchev–Trinajstić information content (AvgIpc) is 2.74. The van der Waals surface area contributed by atoms with Crippen molar-refractivity contribution in [3.63, 3.8) is 0 Å². The Morgan fingerprint density at radius 1 is 1.79 bits per heavy atom. The first-order chi connectivity index (χ1) is 6.75. The van der Waals surface area contributed by atoms with Crippen molar-refractivity contribution in [3.8, 4) is 0 Å².